The Hall–Kier alpha value is -1.06. The second-order valence-electron chi connectivity index (χ2n) is 5.80. The molecule has 0 spiro atoms. The van der Waals surface area contributed by atoms with Crippen LogP contribution in [0.1, 0.15) is 48.5 Å². The van der Waals surface area contributed by atoms with E-state index in [0.717, 1.165) is 36.0 Å². The van der Waals surface area contributed by atoms with Crippen LogP contribution in [0.3, 0.4) is 0 Å². The van der Waals surface area contributed by atoms with Crippen LogP contribution in [-0.4, -0.2) is 16.2 Å². The van der Waals surface area contributed by atoms with Crippen molar-refractivity contribution in [2.24, 2.45) is 11.8 Å². The molecule has 3 atom stereocenters. The van der Waals surface area contributed by atoms with Crippen LogP contribution in [0.5, 0.6) is 0 Å². The standard InChI is InChI=1S/C16H21ClO3/c1-9-8-14(17)10(2)7-13(9)15(18)11-5-3-4-6-12(11)16(19)20/h7-8,11-12,15,18H,3-6H2,1-2H3,(H,19,20). The van der Waals surface area contributed by atoms with Crippen LogP contribution in [-0.2, 0) is 4.79 Å². The molecule has 1 fully saturated rings. The topological polar surface area (TPSA) is 57.5 Å². The van der Waals surface area contributed by atoms with E-state index in [1.54, 1.807) is 0 Å². The lowest BCUT2D eigenvalue weighted by Gasteiger charge is -2.33. The number of aryl methyl sites for hydroxylation is 2. The number of halogens is 1. The van der Waals surface area contributed by atoms with E-state index in [1.165, 1.54) is 0 Å². The van der Waals surface area contributed by atoms with E-state index in [2.05, 4.69) is 0 Å². The van der Waals surface area contributed by atoms with Gasteiger partial charge in [0.15, 0.2) is 0 Å². The molecule has 3 unspecified atom stereocenters. The van der Waals surface area contributed by atoms with Gasteiger partial charge in [-0.05, 0) is 49.4 Å². The number of carboxylic acid groups (broad SMARTS) is 1. The normalized spacial score (nSPS) is 24.4. The third-order valence-corrected chi connectivity index (χ3v) is 4.82. The molecule has 0 amide bonds. The highest BCUT2D eigenvalue weighted by Gasteiger charge is 2.36. The Morgan fingerprint density at radius 1 is 1.25 bits per heavy atom. The van der Waals surface area contributed by atoms with Crippen molar-refractivity contribution in [1.82, 2.24) is 0 Å². The van der Waals surface area contributed by atoms with Crippen molar-refractivity contribution in [2.45, 2.75) is 45.6 Å². The van der Waals surface area contributed by atoms with Gasteiger partial charge in [0, 0.05) is 10.9 Å². The summed E-state index contributed by atoms with van der Waals surface area (Å²) in [6.45, 7) is 3.80. The van der Waals surface area contributed by atoms with Gasteiger partial charge in [0.2, 0.25) is 0 Å². The lowest BCUT2D eigenvalue weighted by Crippen LogP contribution is -2.31. The van der Waals surface area contributed by atoms with Crippen LogP contribution in [0.25, 0.3) is 0 Å². The van der Waals surface area contributed by atoms with Crippen molar-refractivity contribution in [3.63, 3.8) is 0 Å². The zero-order chi connectivity index (χ0) is 14.9. The summed E-state index contributed by atoms with van der Waals surface area (Å²) in [7, 11) is 0. The van der Waals surface area contributed by atoms with Gasteiger partial charge < -0.3 is 10.2 Å². The predicted octanol–water partition coefficient (Wildman–Crippen LogP) is 3.88. The molecule has 1 aromatic carbocycles. The minimum absolute atomic E-state index is 0.208. The van der Waals surface area contributed by atoms with Gasteiger partial charge in [0.25, 0.3) is 0 Å². The SMILES string of the molecule is Cc1cc(C(O)C2CCCCC2C(=O)O)c(C)cc1Cl. The molecule has 1 aliphatic rings. The monoisotopic (exact) mass is 296 g/mol. The molecular formula is C16H21ClO3. The summed E-state index contributed by atoms with van der Waals surface area (Å²) in [4.78, 5) is 11.4. The Labute approximate surface area is 124 Å². The first-order chi connectivity index (χ1) is 9.41. The van der Waals surface area contributed by atoms with Crippen molar-refractivity contribution in [1.29, 1.82) is 0 Å². The molecule has 3 nitrogen and oxygen atoms in total. The quantitative estimate of drug-likeness (QED) is 0.890. The predicted molar refractivity (Wildman–Crippen MR) is 79.0 cm³/mol. The van der Waals surface area contributed by atoms with Crippen molar-refractivity contribution in [3.05, 3.63) is 33.8 Å². The lowest BCUT2D eigenvalue weighted by atomic mass is 9.74. The van der Waals surface area contributed by atoms with Crippen molar-refractivity contribution < 1.29 is 15.0 Å². The molecule has 0 radical (unpaired) electrons. The summed E-state index contributed by atoms with van der Waals surface area (Å²) in [5.41, 5.74) is 2.64. The van der Waals surface area contributed by atoms with Crippen molar-refractivity contribution in [3.8, 4) is 0 Å². The van der Waals surface area contributed by atoms with Gasteiger partial charge in [-0.25, -0.2) is 0 Å². The molecule has 110 valence electrons. The summed E-state index contributed by atoms with van der Waals surface area (Å²) < 4.78 is 0. The van der Waals surface area contributed by atoms with E-state index in [1.807, 2.05) is 26.0 Å². The first-order valence-electron chi connectivity index (χ1n) is 7.09. The smallest absolute Gasteiger partial charge is 0.306 e. The molecule has 4 heteroatoms. The van der Waals surface area contributed by atoms with E-state index in [9.17, 15) is 15.0 Å². The van der Waals surface area contributed by atoms with Gasteiger partial charge in [-0.3, -0.25) is 4.79 Å². The molecule has 1 aromatic rings. The summed E-state index contributed by atoms with van der Waals surface area (Å²) in [6, 6.07) is 3.73. The lowest BCUT2D eigenvalue weighted by molar-refractivity contribution is -0.147. The molecular weight excluding hydrogens is 276 g/mol. The summed E-state index contributed by atoms with van der Waals surface area (Å²) in [5, 5.41) is 20.7. The van der Waals surface area contributed by atoms with Crippen molar-refractivity contribution >= 4 is 17.6 Å². The number of rotatable bonds is 3. The first kappa shape index (κ1) is 15.3. The highest BCUT2D eigenvalue weighted by molar-refractivity contribution is 6.31. The molecule has 1 saturated carbocycles. The number of carbonyl (C=O) groups is 1. The third kappa shape index (κ3) is 2.99. The maximum Gasteiger partial charge on any atom is 0.306 e. The number of aliphatic hydroxyl groups excluding tert-OH is 1. The fourth-order valence-electron chi connectivity index (χ4n) is 3.20. The van der Waals surface area contributed by atoms with E-state index < -0.39 is 18.0 Å². The fourth-order valence-corrected chi connectivity index (χ4v) is 3.41. The van der Waals surface area contributed by atoms with E-state index in [4.69, 9.17) is 11.6 Å². The molecule has 20 heavy (non-hydrogen) atoms. The van der Waals surface area contributed by atoms with Crippen molar-refractivity contribution in [2.75, 3.05) is 0 Å². The number of aliphatic hydroxyl groups is 1. The van der Waals surface area contributed by atoms with Crippen LogP contribution in [0.15, 0.2) is 12.1 Å². The second-order valence-corrected chi connectivity index (χ2v) is 6.20. The Balaban J connectivity index is 2.32. The van der Waals surface area contributed by atoms with Crippen LogP contribution in [0.4, 0.5) is 0 Å². The van der Waals surface area contributed by atoms with Crippen LogP contribution in [0.2, 0.25) is 5.02 Å². The molecule has 0 aromatic heterocycles. The van der Waals surface area contributed by atoms with Crippen LogP contribution < -0.4 is 0 Å². The summed E-state index contributed by atoms with van der Waals surface area (Å²) in [6.07, 6.45) is 2.60. The fraction of sp³-hybridized carbons (Fsp3) is 0.562. The molecule has 0 heterocycles. The Kier molecular flexibility index (Phi) is 4.71. The molecule has 2 rings (SSSR count). The van der Waals surface area contributed by atoms with E-state index >= 15 is 0 Å². The van der Waals surface area contributed by atoms with E-state index in [-0.39, 0.29) is 5.92 Å². The van der Waals surface area contributed by atoms with Crippen LogP contribution in [0, 0.1) is 25.7 Å². The number of benzene rings is 1. The van der Waals surface area contributed by atoms with Gasteiger partial charge in [0.05, 0.1) is 12.0 Å². The van der Waals surface area contributed by atoms with Gasteiger partial charge in [-0.15, -0.1) is 0 Å². The Morgan fingerprint density at radius 3 is 2.55 bits per heavy atom. The highest BCUT2D eigenvalue weighted by atomic mass is 35.5. The van der Waals surface area contributed by atoms with Gasteiger partial charge in [0.1, 0.15) is 0 Å². The first-order valence-corrected chi connectivity index (χ1v) is 7.47. The highest BCUT2D eigenvalue weighted by Crippen LogP contribution is 2.40. The number of hydrogen-bond donors (Lipinski definition) is 2. The average Bonchev–Trinajstić information content (AvgIpc) is 2.42. The maximum absolute atomic E-state index is 11.4. The molecule has 0 bridgehead atoms. The molecule has 0 aliphatic heterocycles. The van der Waals surface area contributed by atoms with Gasteiger partial charge in [-0.2, -0.15) is 0 Å². The Morgan fingerprint density at radius 2 is 1.90 bits per heavy atom. The number of carboxylic acids is 1. The van der Waals surface area contributed by atoms with Crippen LogP contribution >= 0.6 is 11.6 Å². The summed E-state index contributed by atoms with van der Waals surface area (Å²) in [5.74, 6) is -1.45. The third-order valence-electron chi connectivity index (χ3n) is 4.41. The molecule has 2 N–H and O–H groups in total. The van der Waals surface area contributed by atoms with Gasteiger partial charge >= 0.3 is 5.97 Å². The second kappa shape index (κ2) is 6.15. The summed E-state index contributed by atoms with van der Waals surface area (Å²) >= 11 is 6.08. The average molecular weight is 297 g/mol. The minimum atomic E-state index is -0.794. The minimum Gasteiger partial charge on any atom is -0.481 e. The Bertz CT molecular complexity index is 513. The molecule has 0 saturated heterocycles. The van der Waals surface area contributed by atoms with Gasteiger partial charge in [-0.1, -0.05) is 30.5 Å². The zero-order valence-electron chi connectivity index (χ0n) is 11.9. The maximum atomic E-state index is 11.4. The largest absolute Gasteiger partial charge is 0.481 e. The number of aliphatic carboxylic acids is 1. The zero-order valence-corrected chi connectivity index (χ0v) is 12.7. The molecule has 1 aliphatic carbocycles. The van der Waals surface area contributed by atoms with E-state index in [0.29, 0.717) is 11.4 Å². The number of hydrogen-bond acceptors (Lipinski definition) is 2.